The molecule has 0 aromatic carbocycles. The Morgan fingerprint density at radius 1 is 1.59 bits per heavy atom. The molecule has 2 heterocycles. The van der Waals surface area contributed by atoms with Gasteiger partial charge in [0.2, 0.25) is 0 Å². The van der Waals surface area contributed by atoms with E-state index < -0.39 is 0 Å². The Kier molecular flexibility index (Phi) is 3.58. The van der Waals surface area contributed by atoms with E-state index >= 15 is 0 Å². The lowest BCUT2D eigenvalue weighted by molar-refractivity contribution is 0.633. The first-order valence-corrected chi connectivity index (χ1v) is 6.86. The third-order valence-corrected chi connectivity index (χ3v) is 4.56. The van der Waals surface area contributed by atoms with Crippen LogP contribution in [0.3, 0.4) is 0 Å². The SMILES string of the molecule is Cc1cc(C#N)cc(NCC2(C)CCCS2)n1. The summed E-state index contributed by atoms with van der Waals surface area (Å²) in [6, 6.07) is 5.78. The first kappa shape index (κ1) is 12.3. The lowest BCUT2D eigenvalue weighted by Crippen LogP contribution is -2.27. The first-order valence-electron chi connectivity index (χ1n) is 5.88. The summed E-state index contributed by atoms with van der Waals surface area (Å²) < 4.78 is 0.318. The molecule has 2 rings (SSSR count). The van der Waals surface area contributed by atoms with Crippen molar-refractivity contribution in [3.8, 4) is 6.07 Å². The fourth-order valence-corrected chi connectivity index (χ4v) is 3.32. The minimum Gasteiger partial charge on any atom is -0.369 e. The quantitative estimate of drug-likeness (QED) is 0.892. The van der Waals surface area contributed by atoms with Gasteiger partial charge in [0.25, 0.3) is 0 Å². The van der Waals surface area contributed by atoms with Crippen molar-refractivity contribution >= 4 is 17.6 Å². The molecule has 1 saturated heterocycles. The van der Waals surface area contributed by atoms with Crippen LogP contribution in [0.1, 0.15) is 31.0 Å². The average Bonchev–Trinajstić information content (AvgIpc) is 2.73. The molecule has 0 radical (unpaired) electrons. The Hall–Kier alpha value is -1.21. The second-order valence-electron chi connectivity index (χ2n) is 4.75. The molecule has 0 saturated carbocycles. The summed E-state index contributed by atoms with van der Waals surface area (Å²) in [5.74, 6) is 2.07. The highest BCUT2D eigenvalue weighted by atomic mass is 32.2. The molecule has 90 valence electrons. The highest BCUT2D eigenvalue weighted by molar-refractivity contribution is 8.00. The number of nitrogens with one attached hydrogen (secondary N) is 1. The Morgan fingerprint density at radius 2 is 2.41 bits per heavy atom. The molecule has 1 aromatic heterocycles. The van der Waals surface area contributed by atoms with Crippen LogP contribution in [0.4, 0.5) is 5.82 Å². The van der Waals surface area contributed by atoms with Crippen LogP contribution in [0.15, 0.2) is 12.1 Å². The largest absolute Gasteiger partial charge is 0.369 e. The van der Waals surface area contributed by atoms with E-state index in [-0.39, 0.29) is 0 Å². The maximum Gasteiger partial charge on any atom is 0.127 e. The average molecular weight is 247 g/mol. The van der Waals surface area contributed by atoms with Gasteiger partial charge in [-0.25, -0.2) is 4.98 Å². The summed E-state index contributed by atoms with van der Waals surface area (Å²) in [5, 5.41) is 12.3. The lowest BCUT2D eigenvalue weighted by atomic mass is 10.1. The molecule has 1 aromatic rings. The van der Waals surface area contributed by atoms with Crippen LogP contribution in [0, 0.1) is 18.3 Å². The number of rotatable bonds is 3. The predicted octanol–water partition coefficient (Wildman–Crippen LogP) is 2.96. The van der Waals surface area contributed by atoms with E-state index in [1.807, 2.05) is 24.8 Å². The molecule has 0 bridgehead atoms. The van der Waals surface area contributed by atoms with Crippen LogP contribution in [0.2, 0.25) is 0 Å². The zero-order valence-electron chi connectivity index (χ0n) is 10.3. The van der Waals surface area contributed by atoms with E-state index in [1.165, 1.54) is 18.6 Å². The summed E-state index contributed by atoms with van der Waals surface area (Å²) in [5.41, 5.74) is 1.56. The molecule has 1 atom stereocenters. The molecular weight excluding hydrogens is 230 g/mol. The van der Waals surface area contributed by atoms with Crippen molar-refractivity contribution in [3.63, 3.8) is 0 Å². The number of nitrogens with zero attached hydrogens (tertiary/aromatic N) is 2. The van der Waals surface area contributed by atoms with Crippen molar-refractivity contribution in [2.24, 2.45) is 0 Å². The number of aryl methyl sites for hydroxylation is 1. The van der Waals surface area contributed by atoms with E-state index in [9.17, 15) is 0 Å². The van der Waals surface area contributed by atoms with Crippen molar-refractivity contribution in [2.75, 3.05) is 17.6 Å². The maximum absolute atomic E-state index is 8.91. The normalized spacial score (nSPS) is 23.4. The molecule has 1 aliphatic heterocycles. The maximum atomic E-state index is 8.91. The second-order valence-corrected chi connectivity index (χ2v) is 6.43. The van der Waals surface area contributed by atoms with Gasteiger partial charge in [0, 0.05) is 17.0 Å². The number of aromatic nitrogens is 1. The lowest BCUT2D eigenvalue weighted by Gasteiger charge is -2.23. The van der Waals surface area contributed by atoms with Crippen LogP contribution < -0.4 is 5.32 Å². The highest BCUT2D eigenvalue weighted by Gasteiger charge is 2.29. The van der Waals surface area contributed by atoms with Crippen molar-refractivity contribution in [3.05, 3.63) is 23.4 Å². The van der Waals surface area contributed by atoms with Gasteiger partial charge in [0.05, 0.1) is 11.6 Å². The minimum absolute atomic E-state index is 0.318. The van der Waals surface area contributed by atoms with Gasteiger partial charge in [-0.1, -0.05) is 0 Å². The Morgan fingerprint density at radius 3 is 3.06 bits per heavy atom. The fraction of sp³-hybridized carbons (Fsp3) is 0.538. The van der Waals surface area contributed by atoms with Gasteiger partial charge in [-0.3, -0.25) is 0 Å². The van der Waals surface area contributed by atoms with E-state index in [0.29, 0.717) is 10.3 Å². The number of hydrogen-bond acceptors (Lipinski definition) is 4. The zero-order chi connectivity index (χ0) is 12.3. The van der Waals surface area contributed by atoms with Crippen molar-refractivity contribution in [1.82, 2.24) is 4.98 Å². The van der Waals surface area contributed by atoms with Crippen LogP contribution >= 0.6 is 11.8 Å². The van der Waals surface area contributed by atoms with Gasteiger partial charge in [0.1, 0.15) is 5.82 Å². The van der Waals surface area contributed by atoms with Crippen molar-refractivity contribution in [1.29, 1.82) is 5.26 Å². The van der Waals surface area contributed by atoms with Crippen LogP contribution in [0.25, 0.3) is 0 Å². The van der Waals surface area contributed by atoms with Crippen LogP contribution in [-0.4, -0.2) is 22.0 Å². The number of thioether (sulfide) groups is 1. The van der Waals surface area contributed by atoms with Crippen LogP contribution in [0.5, 0.6) is 0 Å². The standard InChI is InChI=1S/C13H17N3S/c1-10-6-11(8-14)7-12(16-10)15-9-13(2)4-3-5-17-13/h6-7H,3-5,9H2,1-2H3,(H,15,16). The summed E-state index contributed by atoms with van der Waals surface area (Å²) in [6.45, 7) is 5.12. The number of pyridine rings is 1. The smallest absolute Gasteiger partial charge is 0.127 e. The van der Waals surface area contributed by atoms with Gasteiger partial charge < -0.3 is 5.32 Å². The molecule has 0 spiro atoms. The highest BCUT2D eigenvalue weighted by Crippen LogP contribution is 2.37. The molecule has 1 unspecified atom stereocenters. The van der Waals surface area contributed by atoms with Crippen molar-refractivity contribution < 1.29 is 0 Å². The predicted molar refractivity (Wildman–Crippen MR) is 72.3 cm³/mol. The summed E-state index contributed by atoms with van der Waals surface area (Å²) in [6.07, 6.45) is 2.55. The summed E-state index contributed by atoms with van der Waals surface area (Å²) in [7, 11) is 0. The molecule has 1 fully saturated rings. The molecular formula is C13H17N3S. The Bertz CT molecular complexity index is 444. The van der Waals surface area contributed by atoms with E-state index in [0.717, 1.165) is 18.1 Å². The molecule has 17 heavy (non-hydrogen) atoms. The summed E-state index contributed by atoms with van der Waals surface area (Å²) in [4.78, 5) is 4.40. The third-order valence-electron chi connectivity index (χ3n) is 3.03. The summed E-state index contributed by atoms with van der Waals surface area (Å²) >= 11 is 2.02. The van der Waals surface area contributed by atoms with E-state index in [4.69, 9.17) is 5.26 Å². The van der Waals surface area contributed by atoms with Gasteiger partial charge in [-0.05, 0) is 44.6 Å². The Labute approximate surface area is 107 Å². The fourth-order valence-electron chi connectivity index (χ4n) is 2.08. The third kappa shape index (κ3) is 3.13. The van der Waals surface area contributed by atoms with E-state index in [1.54, 1.807) is 6.07 Å². The van der Waals surface area contributed by atoms with Crippen molar-refractivity contribution in [2.45, 2.75) is 31.4 Å². The molecule has 1 N–H and O–H groups in total. The minimum atomic E-state index is 0.318. The number of hydrogen-bond donors (Lipinski definition) is 1. The van der Waals surface area contributed by atoms with Gasteiger partial charge >= 0.3 is 0 Å². The molecule has 1 aliphatic rings. The molecule has 3 nitrogen and oxygen atoms in total. The molecule has 4 heteroatoms. The monoisotopic (exact) mass is 247 g/mol. The molecule has 0 aliphatic carbocycles. The topological polar surface area (TPSA) is 48.7 Å². The van der Waals surface area contributed by atoms with Gasteiger partial charge in [-0.15, -0.1) is 0 Å². The van der Waals surface area contributed by atoms with Crippen LogP contribution in [-0.2, 0) is 0 Å². The van der Waals surface area contributed by atoms with Gasteiger partial charge in [0.15, 0.2) is 0 Å². The Balaban J connectivity index is 2.04. The van der Waals surface area contributed by atoms with E-state index in [2.05, 4.69) is 23.3 Å². The zero-order valence-corrected chi connectivity index (χ0v) is 11.1. The number of anilines is 1. The number of nitriles is 1. The molecule has 0 amide bonds. The second kappa shape index (κ2) is 4.97. The van der Waals surface area contributed by atoms with Gasteiger partial charge in [-0.2, -0.15) is 17.0 Å². The first-order chi connectivity index (χ1) is 8.11.